The van der Waals surface area contributed by atoms with Crippen molar-refractivity contribution in [2.24, 2.45) is 16.7 Å². The van der Waals surface area contributed by atoms with Crippen LogP contribution in [-0.2, 0) is 30.6 Å². The molecule has 2 aliphatic carbocycles. The Labute approximate surface area is 161 Å². The summed E-state index contributed by atoms with van der Waals surface area (Å²) in [7, 11) is -4.20. The largest absolute Gasteiger partial charge is 0.747 e. The van der Waals surface area contributed by atoms with Gasteiger partial charge in [-0.05, 0) is 69.7 Å². The summed E-state index contributed by atoms with van der Waals surface area (Å²) in [4.78, 5) is 22.8. The molecule has 2 bridgehead atoms. The van der Waals surface area contributed by atoms with Crippen molar-refractivity contribution in [1.29, 1.82) is 0 Å². The number of carbonyl (C=O) groups excluding carboxylic acids is 2. The highest BCUT2D eigenvalue weighted by molar-refractivity contribution is 7.98. The van der Waals surface area contributed by atoms with Crippen molar-refractivity contribution < 1.29 is 22.6 Å². The molecule has 0 aromatic rings. The van der Waals surface area contributed by atoms with Crippen LogP contribution < -0.4 is 0 Å². The van der Waals surface area contributed by atoms with Gasteiger partial charge in [0, 0.05) is 5.41 Å². The summed E-state index contributed by atoms with van der Waals surface area (Å²) in [6.07, 6.45) is 1.37. The van der Waals surface area contributed by atoms with E-state index >= 15 is 0 Å². The summed E-state index contributed by atoms with van der Waals surface area (Å²) in [5, 5.41) is 0.00375. The molecule has 0 aromatic carbocycles. The van der Waals surface area contributed by atoms with Gasteiger partial charge in [0.1, 0.15) is 25.9 Å². The first kappa shape index (κ1) is 23.6. The summed E-state index contributed by atoms with van der Waals surface area (Å²) in [5.41, 5.74) is -0.994. The van der Waals surface area contributed by atoms with E-state index in [1.54, 1.807) is 13.8 Å². The van der Waals surface area contributed by atoms with Gasteiger partial charge in [-0.15, -0.1) is 0 Å². The predicted octanol–water partition coefficient (Wildman–Crippen LogP) is 2.94. The minimum absolute atomic E-state index is 0.292. The molecule has 0 heterocycles. The molecule has 152 valence electrons. The average Bonchev–Trinajstić information content (AvgIpc) is 2.75. The van der Waals surface area contributed by atoms with Gasteiger partial charge in [0.2, 0.25) is 0 Å². The van der Waals surface area contributed by atoms with Crippen LogP contribution in [0.5, 0.6) is 0 Å². The van der Waals surface area contributed by atoms with Crippen molar-refractivity contribution in [3.05, 3.63) is 0 Å². The lowest BCUT2D eigenvalue weighted by Crippen LogP contribution is -2.38. The minimum atomic E-state index is -4.49. The zero-order valence-electron chi connectivity index (χ0n) is 17.3. The molecule has 26 heavy (non-hydrogen) atoms. The summed E-state index contributed by atoms with van der Waals surface area (Å²) in [6, 6.07) is 0. The fourth-order valence-electron chi connectivity index (χ4n) is 4.45. The number of carbonyl (C=O) groups is 2. The van der Waals surface area contributed by atoms with Crippen molar-refractivity contribution >= 4 is 32.6 Å². The van der Waals surface area contributed by atoms with E-state index in [9.17, 15) is 22.6 Å². The molecule has 2 aliphatic rings. The maximum atomic E-state index is 12.0. The highest BCUT2D eigenvalue weighted by Crippen LogP contribution is 2.64. The van der Waals surface area contributed by atoms with Crippen LogP contribution in [0.2, 0.25) is 0 Å². The number of rotatable bonds is 5. The van der Waals surface area contributed by atoms with E-state index in [0.717, 1.165) is 5.75 Å². The van der Waals surface area contributed by atoms with Gasteiger partial charge in [-0.2, -0.15) is 0 Å². The van der Waals surface area contributed by atoms with Crippen LogP contribution in [0.1, 0.15) is 68.2 Å². The quantitative estimate of drug-likeness (QED) is 0.517. The van der Waals surface area contributed by atoms with E-state index in [0.29, 0.717) is 40.0 Å². The van der Waals surface area contributed by atoms with Crippen molar-refractivity contribution in [2.75, 3.05) is 5.75 Å². The van der Waals surface area contributed by atoms with Gasteiger partial charge in [0.05, 0.1) is 0 Å². The van der Waals surface area contributed by atoms with Crippen LogP contribution in [0.4, 0.5) is 0 Å². The van der Waals surface area contributed by atoms with Crippen LogP contribution in [0, 0.1) is 16.7 Å². The molecule has 0 aromatic heterocycles. The van der Waals surface area contributed by atoms with Crippen LogP contribution in [0.3, 0.4) is 0 Å². The van der Waals surface area contributed by atoms with E-state index < -0.39 is 20.8 Å². The molecule has 0 amide bonds. The fraction of sp³-hybridized carbons (Fsp3) is 0.895. The van der Waals surface area contributed by atoms with Gasteiger partial charge in [-0.25, -0.2) is 8.42 Å². The highest BCUT2D eigenvalue weighted by atomic mass is 32.2. The maximum Gasteiger partial charge on any atom is 0.178 e. The standard InChI is InChI=1S/C10H16O4S.C9H19OS/c1-9(2)6-4-5-10(9,3)8(11)7(6)15(12,13)14;1-7(2)11(8(3)4)6-9(5)10/h6-7H,4-5H2,1-3H3,(H,12,13,14);7-8H,6H2,1-5H3/q;+1/p-1. The third-order valence-electron chi connectivity index (χ3n) is 6.36. The van der Waals surface area contributed by atoms with E-state index in [-0.39, 0.29) is 17.1 Å². The van der Waals surface area contributed by atoms with Crippen molar-refractivity contribution in [3.63, 3.8) is 0 Å². The van der Waals surface area contributed by atoms with Crippen LogP contribution >= 0.6 is 0 Å². The molecular formula is C19H34O5S2. The molecule has 0 spiro atoms. The van der Waals surface area contributed by atoms with Gasteiger partial charge < -0.3 is 4.55 Å². The fourth-order valence-corrected chi connectivity index (χ4v) is 8.07. The average molecular weight is 407 g/mol. The molecule has 2 fully saturated rings. The number of hydrogen-bond acceptors (Lipinski definition) is 5. The van der Waals surface area contributed by atoms with E-state index in [1.165, 1.54) is 0 Å². The summed E-state index contributed by atoms with van der Waals surface area (Å²) in [6.45, 7) is 16.1. The smallest absolute Gasteiger partial charge is 0.178 e. The lowest BCUT2D eigenvalue weighted by molar-refractivity contribution is -0.128. The maximum absolute atomic E-state index is 12.0. The molecule has 0 aliphatic heterocycles. The molecule has 0 radical (unpaired) electrons. The Bertz CT molecular complexity index is 643. The second-order valence-electron chi connectivity index (χ2n) is 8.89. The predicted molar refractivity (Wildman–Crippen MR) is 106 cm³/mol. The third kappa shape index (κ3) is 4.36. The third-order valence-corrected chi connectivity index (χ3v) is 10.7. The van der Waals surface area contributed by atoms with Crippen molar-refractivity contribution in [3.8, 4) is 0 Å². The van der Waals surface area contributed by atoms with E-state index in [4.69, 9.17) is 0 Å². The zero-order chi connectivity index (χ0) is 20.7. The first-order chi connectivity index (χ1) is 11.6. The zero-order valence-corrected chi connectivity index (χ0v) is 18.9. The number of ketones is 2. The second-order valence-corrected chi connectivity index (χ2v) is 13.5. The molecule has 0 N–H and O–H groups in total. The van der Waals surface area contributed by atoms with Crippen LogP contribution in [0.15, 0.2) is 0 Å². The molecule has 0 saturated heterocycles. The molecular weight excluding hydrogens is 372 g/mol. The highest BCUT2D eigenvalue weighted by Gasteiger charge is 2.67. The molecule has 7 heteroatoms. The first-order valence-corrected chi connectivity index (χ1v) is 12.2. The minimum Gasteiger partial charge on any atom is -0.747 e. The Balaban J connectivity index is 0.000000276. The molecule has 5 nitrogen and oxygen atoms in total. The number of fused-ring (bicyclic) bond motifs is 2. The summed E-state index contributed by atoms with van der Waals surface area (Å²) < 4.78 is 33.3. The van der Waals surface area contributed by atoms with Crippen molar-refractivity contribution in [1.82, 2.24) is 0 Å². The van der Waals surface area contributed by atoms with Gasteiger partial charge in [0.15, 0.2) is 17.3 Å². The lowest BCUT2D eigenvalue weighted by Gasteiger charge is -2.32. The lowest BCUT2D eigenvalue weighted by atomic mass is 9.70. The number of hydrogen-bond donors (Lipinski definition) is 0. The van der Waals surface area contributed by atoms with Crippen molar-refractivity contribution in [2.45, 2.75) is 84.0 Å². The topological polar surface area (TPSA) is 91.3 Å². The second kappa shape index (κ2) is 7.92. The molecule has 3 atom stereocenters. The molecule has 2 rings (SSSR count). The van der Waals surface area contributed by atoms with E-state index in [1.807, 2.05) is 13.8 Å². The normalized spacial score (nSPS) is 30.1. The Hall–Kier alpha value is -0.400. The van der Waals surface area contributed by atoms with Gasteiger partial charge in [0.25, 0.3) is 0 Å². The Morgan fingerprint density at radius 1 is 1.19 bits per heavy atom. The van der Waals surface area contributed by atoms with Gasteiger partial charge >= 0.3 is 0 Å². The Kier molecular flexibility index (Phi) is 7.20. The van der Waals surface area contributed by atoms with Crippen LogP contribution in [-0.4, -0.2) is 46.0 Å². The summed E-state index contributed by atoms with van der Waals surface area (Å²) in [5.74, 6) is 0.446. The SMILES string of the molecule is CC(=O)C[S+](C(C)C)C(C)C.CC12CCC(C(S(=O)(=O)[O-])C1=O)C2(C)C. The number of Topliss-reactive ketones (excluding diaryl/α,β-unsaturated/α-hetero) is 2. The van der Waals surface area contributed by atoms with Gasteiger partial charge in [-0.3, -0.25) is 9.59 Å². The Morgan fingerprint density at radius 3 is 1.85 bits per heavy atom. The Morgan fingerprint density at radius 2 is 1.65 bits per heavy atom. The molecule has 3 unspecified atom stereocenters. The molecule has 2 saturated carbocycles. The van der Waals surface area contributed by atoms with Gasteiger partial charge in [-0.1, -0.05) is 20.8 Å². The first-order valence-electron chi connectivity index (χ1n) is 9.24. The van der Waals surface area contributed by atoms with E-state index in [2.05, 4.69) is 27.7 Å². The monoisotopic (exact) mass is 406 g/mol. The summed E-state index contributed by atoms with van der Waals surface area (Å²) >= 11 is 0. The van der Waals surface area contributed by atoms with Crippen LogP contribution in [0.25, 0.3) is 0 Å².